The van der Waals surface area contributed by atoms with Crippen LogP contribution >= 0.6 is 11.3 Å². The number of H-pyrrole nitrogens is 1. The number of methoxy groups -OCH3 is 1. The third-order valence-electron chi connectivity index (χ3n) is 4.68. The highest BCUT2D eigenvalue weighted by Gasteiger charge is 2.18. The van der Waals surface area contributed by atoms with E-state index in [2.05, 4.69) is 22.9 Å². The Morgan fingerprint density at radius 1 is 1.36 bits per heavy atom. The molecule has 0 saturated carbocycles. The number of ether oxygens (including phenoxy) is 1. The number of aromatic nitrogens is 2. The molecule has 2 heterocycles. The van der Waals surface area contributed by atoms with Crippen molar-refractivity contribution < 1.29 is 4.74 Å². The summed E-state index contributed by atoms with van der Waals surface area (Å²) in [6, 6.07) is 7.99. The molecule has 1 unspecified atom stereocenters. The second-order valence-electron chi connectivity index (χ2n) is 6.36. The lowest BCUT2D eigenvalue weighted by Gasteiger charge is -2.24. The maximum atomic E-state index is 12.5. The number of benzene rings is 1. The molecule has 0 radical (unpaired) electrons. The van der Waals surface area contributed by atoms with Crippen LogP contribution in [0, 0.1) is 13.8 Å². The lowest BCUT2D eigenvalue weighted by Crippen LogP contribution is -2.25. The number of fused-ring (bicyclic) bond motifs is 1. The number of rotatable bonds is 5. The molecule has 2 aromatic heterocycles. The first-order valence-corrected chi connectivity index (χ1v) is 9.05. The predicted octanol–water partition coefficient (Wildman–Crippen LogP) is 3.80. The molecule has 1 N–H and O–H groups in total. The van der Waals surface area contributed by atoms with Crippen LogP contribution in [0.4, 0.5) is 0 Å². The fourth-order valence-electron chi connectivity index (χ4n) is 2.87. The highest BCUT2D eigenvalue weighted by atomic mass is 32.1. The summed E-state index contributed by atoms with van der Waals surface area (Å²) in [5.74, 6) is 1.54. The monoisotopic (exact) mass is 357 g/mol. The Bertz CT molecular complexity index is 961. The zero-order chi connectivity index (χ0) is 18.1. The number of hydrogen-bond acceptors (Lipinski definition) is 5. The molecule has 6 heteroatoms. The van der Waals surface area contributed by atoms with Crippen molar-refractivity contribution in [1.82, 2.24) is 14.9 Å². The van der Waals surface area contributed by atoms with Gasteiger partial charge in [-0.1, -0.05) is 12.1 Å². The average molecular weight is 357 g/mol. The molecule has 0 amide bonds. The Morgan fingerprint density at radius 2 is 2.12 bits per heavy atom. The minimum absolute atomic E-state index is 0.00832. The Morgan fingerprint density at radius 3 is 2.84 bits per heavy atom. The number of nitrogens with one attached hydrogen (secondary N) is 1. The second-order valence-corrected chi connectivity index (χ2v) is 7.56. The van der Waals surface area contributed by atoms with E-state index in [0.29, 0.717) is 11.2 Å². The standard InChI is InChI=1S/C19H23N3O2S/c1-11-13(3)25-19-16(11)18(23)20-17(21-19)12(2)22(4)10-14-7-6-8-15(9-14)24-5/h6-9,12H,10H2,1-5H3,(H,20,21,23). The number of aryl methyl sites for hydroxylation is 2. The maximum Gasteiger partial charge on any atom is 0.259 e. The first-order chi connectivity index (χ1) is 11.9. The van der Waals surface area contributed by atoms with Gasteiger partial charge in [0.2, 0.25) is 0 Å². The van der Waals surface area contributed by atoms with E-state index in [1.54, 1.807) is 18.4 Å². The van der Waals surface area contributed by atoms with Crippen LogP contribution in [0.2, 0.25) is 0 Å². The van der Waals surface area contributed by atoms with E-state index in [1.807, 2.05) is 39.1 Å². The van der Waals surface area contributed by atoms with Crippen LogP contribution in [0.3, 0.4) is 0 Å². The van der Waals surface area contributed by atoms with Gasteiger partial charge in [-0.15, -0.1) is 11.3 Å². The van der Waals surface area contributed by atoms with Crippen LogP contribution in [0.1, 0.15) is 34.8 Å². The molecular weight excluding hydrogens is 334 g/mol. The normalized spacial score (nSPS) is 12.7. The van der Waals surface area contributed by atoms with Crippen molar-refractivity contribution >= 4 is 21.6 Å². The Labute approximate surface area is 151 Å². The van der Waals surface area contributed by atoms with Crippen LogP contribution in [0.15, 0.2) is 29.1 Å². The van der Waals surface area contributed by atoms with Crippen LogP contribution in [-0.4, -0.2) is 29.0 Å². The largest absolute Gasteiger partial charge is 0.497 e. The van der Waals surface area contributed by atoms with Gasteiger partial charge >= 0.3 is 0 Å². The van der Waals surface area contributed by atoms with Crippen molar-refractivity contribution in [2.45, 2.75) is 33.4 Å². The minimum Gasteiger partial charge on any atom is -0.497 e. The van der Waals surface area contributed by atoms with Gasteiger partial charge in [0.05, 0.1) is 18.5 Å². The molecule has 0 bridgehead atoms. The number of aromatic amines is 1. The molecule has 25 heavy (non-hydrogen) atoms. The van der Waals surface area contributed by atoms with E-state index in [0.717, 1.165) is 33.1 Å². The van der Waals surface area contributed by atoms with Crippen molar-refractivity contribution in [2.24, 2.45) is 0 Å². The van der Waals surface area contributed by atoms with Crippen molar-refractivity contribution in [3.8, 4) is 5.75 Å². The van der Waals surface area contributed by atoms with Crippen molar-refractivity contribution in [3.63, 3.8) is 0 Å². The molecule has 1 atom stereocenters. The summed E-state index contributed by atoms with van der Waals surface area (Å²) in [7, 11) is 3.69. The Kier molecular flexibility index (Phi) is 4.92. The fourth-order valence-corrected chi connectivity index (χ4v) is 3.91. The van der Waals surface area contributed by atoms with Gasteiger partial charge in [0.1, 0.15) is 16.4 Å². The molecule has 0 fully saturated rings. The van der Waals surface area contributed by atoms with E-state index >= 15 is 0 Å². The molecule has 0 aliphatic carbocycles. The second kappa shape index (κ2) is 6.98. The summed E-state index contributed by atoms with van der Waals surface area (Å²) in [6.07, 6.45) is 0. The molecule has 3 aromatic rings. The summed E-state index contributed by atoms with van der Waals surface area (Å²) in [5.41, 5.74) is 2.13. The van der Waals surface area contributed by atoms with Gasteiger partial charge in [-0.3, -0.25) is 9.69 Å². The first-order valence-electron chi connectivity index (χ1n) is 8.23. The molecule has 0 spiro atoms. The van der Waals surface area contributed by atoms with Gasteiger partial charge in [0.25, 0.3) is 5.56 Å². The average Bonchev–Trinajstić information content (AvgIpc) is 2.88. The fraction of sp³-hybridized carbons (Fsp3) is 0.368. The van der Waals surface area contributed by atoms with Gasteiger partial charge in [-0.05, 0) is 51.1 Å². The molecule has 5 nitrogen and oxygen atoms in total. The van der Waals surface area contributed by atoms with E-state index in [9.17, 15) is 4.79 Å². The van der Waals surface area contributed by atoms with E-state index in [1.165, 1.54) is 0 Å². The number of hydrogen-bond donors (Lipinski definition) is 1. The summed E-state index contributed by atoms with van der Waals surface area (Å²) in [4.78, 5) is 24.3. The molecule has 0 saturated heterocycles. The third-order valence-corrected chi connectivity index (χ3v) is 5.78. The smallest absolute Gasteiger partial charge is 0.259 e. The SMILES string of the molecule is COc1cccc(CN(C)C(C)c2nc3sc(C)c(C)c3c(=O)[nH]2)c1. The molecular formula is C19H23N3O2S. The van der Waals surface area contributed by atoms with Crippen molar-refractivity contribution in [1.29, 1.82) is 0 Å². The molecule has 0 aliphatic heterocycles. The maximum absolute atomic E-state index is 12.5. The van der Waals surface area contributed by atoms with Gasteiger partial charge < -0.3 is 9.72 Å². The van der Waals surface area contributed by atoms with Gasteiger partial charge in [-0.2, -0.15) is 0 Å². The summed E-state index contributed by atoms with van der Waals surface area (Å²) < 4.78 is 5.28. The quantitative estimate of drug-likeness (QED) is 0.754. The van der Waals surface area contributed by atoms with Gasteiger partial charge in [0, 0.05) is 11.4 Å². The summed E-state index contributed by atoms with van der Waals surface area (Å²) >= 11 is 1.58. The van der Waals surface area contributed by atoms with Crippen LogP contribution in [-0.2, 0) is 6.54 Å². The molecule has 1 aromatic carbocycles. The van der Waals surface area contributed by atoms with E-state index in [4.69, 9.17) is 9.72 Å². The summed E-state index contributed by atoms with van der Waals surface area (Å²) in [6.45, 7) is 6.79. The first kappa shape index (κ1) is 17.6. The molecule has 0 aliphatic rings. The number of nitrogens with zero attached hydrogens (tertiary/aromatic N) is 2. The van der Waals surface area contributed by atoms with Gasteiger partial charge in [0.15, 0.2) is 0 Å². The van der Waals surface area contributed by atoms with Crippen molar-refractivity contribution in [2.75, 3.05) is 14.2 Å². The van der Waals surface area contributed by atoms with Crippen LogP contribution in [0.5, 0.6) is 5.75 Å². The predicted molar refractivity (Wildman–Crippen MR) is 103 cm³/mol. The van der Waals surface area contributed by atoms with Gasteiger partial charge in [-0.25, -0.2) is 4.98 Å². The van der Waals surface area contributed by atoms with Crippen LogP contribution < -0.4 is 10.3 Å². The highest BCUT2D eigenvalue weighted by Crippen LogP contribution is 2.27. The number of thiophene rings is 1. The molecule has 132 valence electrons. The summed E-state index contributed by atoms with van der Waals surface area (Å²) in [5, 5.41) is 0.717. The topological polar surface area (TPSA) is 58.2 Å². The lowest BCUT2D eigenvalue weighted by atomic mass is 10.1. The zero-order valence-electron chi connectivity index (χ0n) is 15.2. The third kappa shape index (κ3) is 3.45. The van der Waals surface area contributed by atoms with Crippen LogP contribution in [0.25, 0.3) is 10.2 Å². The van der Waals surface area contributed by atoms with E-state index < -0.39 is 0 Å². The highest BCUT2D eigenvalue weighted by molar-refractivity contribution is 7.18. The Hall–Kier alpha value is -2.18. The zero-order valence-corrected chi connectivity index (χ0v) is 16.0. The Balaban J connectivity index is 1.88. The minimum atomic E-state index is -0.0523. The lowest BCUT2D eigenvalue weighted by molar-refractivity contribution is 0.243. The van der Waals surface area contributed by atoms with E-state index in [-0.39, 0.29) is 11.6 Å². The molecule has 3 rings (SSSR count). The van der Waals surface area contributed by atoms with Crippen molar-refractivity contribution in [3.05, 3.63) is 56.4 Å².